The summed E-state index contributed by atoms with van der Waals surface area (Å²) in [5.74, 6) is 0.454. The Bertz CT molecular complexity index is 369. The van der Waals surface area contributed by atoms with Gasteiger partial charge in [0.1, 0.15) is 5.78 Å². The number of hydrogen-bond acceptors (Lipinski definition) is 5. The molecule has 0 radical (unpaired) electrons. The average Bonchev–Trinajstić information content (AvgIpc) is 2.29. The second kappa shape index (κ2) is 7.33. The Morgan fingerprint density at radius 1 is 1.11 bits per heavy atom. The molecule has 0 unspecified atom stereocenters. The fourth-order valence-electron chi connectivity index (χ4n) is 2.53. The largest absolute Gasteiger partial charge is 0.726 e. The van der Waals surface area contributed by atoms with Gasteiger partial charge in [0.15, 0.2) is 0 Å². The number of ketones is 1. The van der Waals surface area contributed by atoms with Crippen LogP contribution < -0.4 is 0 Å². The van der Waals surface area contributed by atoms with Gasteiger partial charge in [0.2, 0.25) is 10.4 Å². The highest BCUT2D eigenvalue weighted by atomic mass is 32.3. The van der Waals surface area contributed by atoms with Gasteiger partial charge in [-0.1, -0.05) is 0 Å². The van der Waals surface area contributed by atoms with Gasteiger partial charge in [-0.3, -0.25) is 8.98 Å². The maximum absolute atomic E-state index is 11.2. The Morgan fingerprint density at radius 2 is 1.42 bits per heavy atom. The Labute approximate surface area is 116 Å². The topological polar surface area (TPSA) is 83.5 Å². The minimum Gasteiger partial charge on any atom is -0.726 e. The molecule has 0 amide bonds. The minimum absolute atomic E-state index is 0.454. The van der Waals surface area contributed by atoms with Crippen LogP contribution in [0, 0.1) is 0 Å². The van der Waals surface area contributed by atoms with Gasteiger partial charge in [-0.25, -0.2) is 8.42 Å². The molecule has 0 saturated carbocycles. The Kier molecular flexibility index (Phi) is 7.13. The van der Waals surface area contributed by atoms with Crippen LogP contribution in [0.4, 0.5) is 0 Å². The van der Waals surface area contributed by atoms with Crippen LogP contribution >= 0.6 is 0 Å². The third-order valence-corrected chi connectivity index (χ3v) is 4.28. The number of likely N-dealkylation sites (tertiary alicyclic amines) is 1. The lowest BCUT2D eigenvalue weighted by atomic mass is 10.0. The zero-order chi connectivity index (χ0) is 15.3. The molecule has 6 nitrogen and oxygen atoms in total. The molecule has 1 saturated heterocycles. The number of quaternary nitrogens is 1. The molecule has 114 valence electrons. The molecule has 0 atom stereocenters. The molecule has 1 rings (SSSR count). The molecule has 0 aliphatic carbocycles. The molecule has 1 fully saturated rings. The van der Waals surface area contributed by atoms with Crippen molar-refractivity contribution in [2.45, 2.75) is 52.6 Å². The van der Waals surface area contributed by atoms with Gasteiger partial charge in [-0.15, -0.1) is 0 Å². The number of rotatable bonds is 3. The number of carbonyl (C=O) groups is 1. The van der Waals surface area contributed by atoms with Crippen molar-refractivity contribution in [1.82, 2.24) is 0 Å². The summed E-state index contributed by atoms with van der Waals surface area (Å²) in [4.78, 5) is 11.2. The summed E-state index contributed by atoms with van der Waals surface area (Å²) < 4.78 is 32.2. The summed E-state index contributed by atoms with van der Waals surface area (Å²) in [6.07, 6.45) is 1.58. The molecule has 1 heterocycles. The van der Waals surface area contributed by atoms with Gasteiger partial charge in [0, 0.05) is 0 Å². The van der Waals surface area contributed by atoms with E-state index < -0.39 is 10.4 Å². The fraction of sp³-hybridized carbons (Fsp3) is 0.917. The van der Waals surface area contributed by atoms with Gasteiger partial charge in [0.05, 0.1) is 45.1 Å². The zero-order valence-electron chi connectivity index (χ0n) is 12.4. The lowest BCUT2D eigenvalue weighted by Crippen LogP contribution is -2.61. The van der Waals surface area contributed by atoms with Crippen LogP contribution in [0.15, 0.2) is 0 Å². The molecule has 1 aliphatic heterocycles. The Morgan fingerprint density at radius 3 is 1.63 bits per heavy atom. The molecule has 19 heavy (non-hydrogen) atoms. The minimum atomic E-state index is -4.41. The van der Waals surface area contributed by atoms with Crippen LogP contribution in [0.2, 0.25) is 0 Å². The number of nitrogens with zero attached hydrogens (tertiary/aromatic N) is 1. The highest BCUT2D eigenvalue weighted by Gasteiger charge is 2.38. The molecule has 0 aromatic heterocycles. The molecule has 0 N–H and O–H groups in total. The molecule has 7 heteroatoms. The van der Waals surface area contributed by atoms with E-state index in [1.165, 1.54) is 0 Å². The molecule has 0 aromatic rings. The van der Waals surface area contributed by atoms with Crippen molar-refractivity contribution in [1.29, 1.82) is 0 Å². The van der Waals surface area contributed by atoms with Gasteiger partial charge in [-0.05, 0) is 27.7 Å². The van der Waals surface area contributed by atoms with E-state index in [4.69, 9.17) is 0 Å². The van der Waals surface area contributed by atoms with Crippen molar-refractivity contribution in [2.24, 2.45) is 0 Å². The van der Waals surface area contributed by atoms with Crippen LogP contribution in [-0.4, -0.2) is 55.5 Å². The van der Waals surface area contributed by atoms with Gasteiger partial charge >= 0.3 is 0 Å². The van der Waals surface area contributed by atoms with Crippen molar-refractivity contribution in [3.05, 3.63) is 0 Å². The SMILES string of the molecule is CC(C)[N+]1(C(C)C)CCC(=O)CC1.COS(=O)(=O)[O-]. The predicted molar refractivity (Wildman–Crippen MR) is 71.2 cm³/mol. The molecular weight excluding hydrogens is 270 g/mol. The molecule has 0 spiro atoms. The van der Waals surface area contributed by atoms with Crippen LogP contribution in [0.25, 0.3) is 0 Å². The van der Waals surface area contributed by atoms with Gasteiger partial charge in [0.25, 0.3) is 0 Å². The summed E-state index contributed by atoms with van der Waals surface area (Å²) >= 11 is 0. The van der Waals surface area contributed by atoms with E-state index in [-0.39, 0.29) is 0 Å². The third-order valence-electron chi connectivity index (χ3n) is 3.87. The summed E-state index contributed by atoms with van der Waals surface area (Å²) in [6.45, 7) is 11.2. The molecule has 1 aliphatic rings. The van der Waals surface area contributed by atoms with E-state index >= 15 is 0 Å². The van der Waals surface area contributed by atoms with Crippen molar-refractivity contribution in [3.63, 3.8) is 0 Å². The first-order valence-electron chi connectivity index (χ1n) is 6.44. The van der Waals surface area contributed by atoms with Crippen molar-refractivity contribution < 1.29 is 26.4 Å². The maximum atomic E-state index is 11.2. The quantitative estimate of drug-likeness (QED) is 0.442. The van der Waals surface area contributed by atoms with Gasteiger partial charge in [-0.2, -0.15) is 0 Å². The van der Waals surface area contributed by atoms with E-state index in [9.17, 15) is 17.8 Å². The first kappa shape index (κ1) is 18.5. The fourth-order valence-corrected chi connectivity index (χ4v) is 2.53. The Hall–Kier alpha value is -0.500. The highest BCUT2D eigenvalue weighted by Crippen LogP contribution is 2.24. The monoisotopic (exact) mass is 295 g/mol. The first-order valence-corrected chi connectivity index (χ1v) is 7.78. The summed E-state index contributed by atoms with van der Waals surface area (Å²) in [5.41, 5.74) is 0. The molecule has 0 bridgehead atoms. The van der Waals surface area contributed by atoms with Gasteiger partial charge < -0.3 is 9.04 Å². The lowest BCUT2D eigenvalue weighted by molar-refractivity contribution is -0.967. The highest BCUT2D eigenvalue weighted by molar-refractivity contribution is 7.80. The van der Waals surface area contributed by atoms with Crippen LogP contribution in [-0.2, 0) is 19.4 Å². The summed E-state index contributed by atoms with van der Waals surface area (Å²) in [5, 5.41) is 0. The predicted octanol–water partition coefficient (Wildman–Crippen LogP) is 1.08. The second-order valence-corrected chi connectivity index (χ2v) is 6.50. The maximum Gasteiger partial charge on any atom is 0.217 e. The molecule has 0 aromatic carbocycles. The number of Topliss-reactive ketones (excluding diaryl/α,β-unsaturated/α-hetero) is 1. The normalized spacial score (nSPS) is 19.3. The van der Waals surface area contributed by atoms with E-state index in [1.807, 2.05) is 0 Å². The van der Waals surface area contributed by atoms with Crippen molar-refractivity contribution in [3.8, 4) is 0 Å². The smallest absolute Gasteiger partial charge is 0.217 e. The van der Waals surface area contributed by atoms with E-state index in [0.717, 1.165) is 37.5 Å². The first-order chi connectivity index (χ1) is 8.55. The number of carbonyl (C=O) groups excluding carboxylic acids is 1. The van der Waals surface area contributed by atoms with E-state index in [2.05, 4.69) is 31.9 Å². The second-order valence-electron chi connectivity index (χ2n) is 5.35. The number of hydrogen-bond donors (Lipinski definition) is 0. The Balaban J connectivity index is 0.000000459. The number of piperidine rings is 1. The lowest BCUT2D eigenvalue weighted by Gasteiger charge is -2.48. The van der Waals surface area contributed by atoms with Crippen LogP contribution in [0.1, 0.15) is 40.5 Å². The summed E-state index contributed by atoms with van der Waals surface area (Å²) in [6, 6.07) is 1.29. The van der Waals surface area contributed by atoms with Crippen molar-refractivity contribution in [2.75, 3.05) is 20.2 Å². The standard InChI is InChI=1S/C11H22NO.CH4O4S/c1-9(2)12(10(3)4)7-5-11(13)6-8-12;1-5-6(2,3)4/h9-10H,5-8H2,1-4H3;1H3,(H,2,3,4)/q+1;/p-1. The molecular formula is C12H25NO5S. The average molecular weight is 295 g/mol. The van der Waals surface area contributed by atoms with Crippen LogP contribution in [0.3, 0.4) is 0 Å². The van der Waals surface area contributed by atoms with Crippen molar-refractivity contribution >= 4 is 16.2 Å². The summed E-state index contributed by atoms with van der Waals surface area (Å²) in [7, 11) is -3.60. The zero-order valence-corrected chi connectivity index (χ0v) is 13.2. The van der Waals surface area contributed by atoms with E-state index in [0.29, 0.717) is 17.9 Å². The van der Waals surface area contributed by atoms with E-state index in [1.54, 1.807) is 0 Å². The third kappa shape index (κ3) is 5.99. The van der Waals surface area contributed by atoms with Crippen LogP contribution in [0.5, 0.6) is 0 Å².